The maximum absolute atomic E-state index is 11.9. The lowest BCUT2D eigenvalue weighted by Gasteiger charge is -2.04. The zero-order valence-electron chi connectivity index (χ0n) is 9.31. The lowest BCUT2D eigenvalue weighted by Crippen LogP contribution is -2.16. The smallest absolute Gasteiger partial charge is 0.396 e. The Morgan fingerprint density at radius 3 is 2.65 bits per heavy atom. The molecule has 88 valence electrons. The first-order chi connectivity index (χ1) is 8.27. The highest BCUT2D eigenvalue weighted by molar-refractivity contribution is 7.97. The summed E-state index contributed by atoms with van der Waals surface area (Å²) in [5, 5.41) is 10.9. The molecule has 0 amide bonds. The number of fused-ring (bicyclic) bond motifs is 1. The average Bonchev–Trinajstić information content (AvgIpc) is 2.83. The van der Waals surface area contributed by atoms with Gasteiger partial charge in [0.1, 0.15) is 17.1 Å². The van der Waals surface area contributed by atoms with Gasteiger partial charge in [-0.25, -0.2) is 4.79 Å². The van der Waals surface area contributed by atoms with Crippen LogP contribution in [0, 0.1) is 0 Å². The minimum absolute atomic E-state index is 0.126. The summed E-state index contributed by atoms with van der Waals surface area (Å²) in [4.78, 5) is 12.4. The fraction of sp³-hybridized carbons (Fsp3) is 0.308. The van der Waals surface area contributed by atoms with Gasteiger partial charge in [0, 0.05) is 10.9 Å². The topological polar surface area (TPSA) is 50.4 Å². The standard InChI is InChI=1S/C13H12O3S/c14-11-9-5-1-2-6-10(9)16-13(15)12(11)17-7-3-4-8-17/h1-2,5-6H,3-4,7-8H2/p+1. The van der Waals surface area contributed by atoms with Gasteiger partial charge >= 0.3 is 5.63 Å². The van der Waals surface area contributed by atoms with E-state index in [1.165, 1.54) is 0 Å². The van der Waals surface area contributed by atoms with E-state index in [1.54, 1.807) is 18.2 Å². The largest absolute Gasteiger partial charge is 0.503 e. The molecule has 0 aliphatic carbocycles. The van der Waals surface area contributed by atoms with Gasteiger partial charge < -0.3 is 9.52 Å². The molecule has 0 saturated carbocycles. The maximum Gasteiger partial charge on any atom is 0.396 e. The van der Waals surface area contributed by atoms with Crippen molar-refractivity contribution in [3.05, 3.63) is 34.7 Å². The van der Waals surface area contributed by atoms with Gasteiger partial charge in [0.25, 0.3) is 4.90 Å². The summed E-state index contributed by atoms with van der Waals surface area (Å²) in [5.74, 6) is 2.12. The number of hydrogen-bond acceptors (Lipinski definition) is 3. The molecule has 2 aromatic rings. The average molecular weight is 249 g/mol. The first-order valence-electron chi connectivity index (χ1n) is 5.69. The molecule has 2 heterocycles. The molecule has 1 aromatic heterocycles. The van der Waals surface area contributed by atoms with Crippen LogP contribution in [0.15, 0.2) is 38.4 Å². The van der Waals surface area contributed by atoms with E-state index in [4.69, 9.17) is 4.42 Å². The predicted octanol–water partition coefficient (Wildman–Crippen LogP) is 2.27. The molecule has 0 unspecified atom stereocenters. The van der Waals surface area contributed by atoms with Crippen LogP contribution in [0.1, 0.15) is 12.8 Å². The molecule has 0 radical (unpaired) electrons. The number of aromatic hydroxyl groups is 1. The summed E-state index contributed by atoms with van der Waals surface area (Å²) in [6.07, 6.45) is 2.27. The van der Waals surface area contributed by atoms with Crippen molar-refractivity contribution in [1.29, 1.82) is 0 Å². The summed E-state index contributed by atoms with van der Waals surface area (Å²) in [7, 11) is -0.126. The van der Waals surface area contributed by atoms with E-state index in [0.29, 0.717) is 15.9 Å². The van der Waals surface area contributed by atoms with Crippen LogP contribution in [0.4, 0.5) is 0 Å². The van der Waals surface area contributed by atoms with Gasteiger partial charge in [0.2, 0.25) is 0 Å². The van der Waals surface area contributed by atoms with Crippen LogP contribution >= 0.6 is 0 Å². The number of rotatable bonds is 1. The van der Waals surface area contributed by atoms with Crippen LogP contribution < -0.4 is 5.63 Å². The van der Waals surface area contributed by atoms with Gasteiger partial charge in [-0.15, -0.1) is 0 Å². The highest BCUT2D eigenvalue weighted by atomic mass is 32.2. The van der Waals surface area contributed by atoms with Crippen LogP contribution in [0.5, 0.6) is 5.75 Å². The molecule has 17 heavy (non-hydrogen) atoms. The third-order valence-corrected chi connectivity index (χ3v) is 5.57. The zero-order valence-corrected chi connectivity index (χ0v) is 10.1. The number of hydrogen-bond donors (Lipinski definition) is 1. The van der Waals surface area contributed by atoms with Gasteiger partial charge in [0.15, 0.2) is 5.75 Å². The van der Waals surface area contributed by atoms with Crippen molar-refractivity contribution < 1.29 is 9.52 Å². The minimum Gasteiger partial charge on any atom is -0.503 e. The zero-order chi connectivity index (χ0) is 11.8. The first kappa shape index (κ1) is 10.7. The van der Waals surface area contributed by atoms with Crippen molar-refractivity contribution in [3.8, 4) is 5.75 Å². The molecule has 1 N–H and O–H groups in total. The molecular formula is C13H13O3S+. The molecule has 0 bridgehead atoms. The second kappa shape index (κ2) is 4.11. The van der Waals surface area contributed by atoms with E-state index in [-0.39, 0.29) is 22.3 Å². The van der Waals surface area contributed by atoms with Crippen LogP contribution in [-0.2, 0) is 10.9 Å². The molecule has 1 aliphatic rings. The summed E-state index contributed by atoms with van der Waals surface area (Å²) >= 11 is 0. The monoisotopic (exact) mass is 249 g/mol. The Kier molecular flexibility index (Phi) is 2.59. The first-order valence-corrected chi connectivity index (χ1v) is 7.26. The van der Waals surface area contributed by atoms with E-state index in [1.807, 2.05) is 6.07 Å². The van der Waals surface area contributed by atoms with Crippen LogP contribution in [0.2, 0.25) is 0 Å². The predicted molar refractivity (Wildman–Crippen MR) is 68.7 cm³/mol. The summed E-state index contributed by atoms with van der Waals surface area (Å²) in [5.41, 5.74) is 0.0907. The molecule has 4 heteroatoms. The lowest BCUT2D eigenvalue weighted by atomic mass is 10.2. The van der Waals surface area contributed by atoms with Gasteiger partial charge in [-0.3, -0.25) is 0 Å². The molecule has 3 nitrogen and oxygen atoms in total. The van der Waals surface area contributed by atoms with Crippen molar-refractivity contribution in [2.75, 3.05) is 11.5 Å². The SMILES string of the molecule is O=c1oc2ccccc2c(O)c1[S+]1CCCC1. The molecule has 1 aliphatic heterocycles. The number of benzene rings is 1. The van der Waals surface area contributed by atoms with Crippen molar-refractivity contribution in [3.63, 3.8) is 0 Å². The Morgan fingerprint density at radius 1 is 1.18 bits per heavy atom. The Balaban J connectivity index is 2.27. The van der Waals surface area contributed by atoms with Crippen molar-refractivity contribution in [1.82, 2.24) is 0 Å². The fourth-order valence-electron chi connectivity index (χ4n) is 2.23. The molecule has 1 aromatic carbocycles. The van der Waals surface area contributed by atoms with E-state index in [0.717, 1.165) is 24.3 Å². The second-order valence-electron chi connectivity index (χ2n) is 4.17. The Hall–Kier alpha value is -1.42. The lowest BCUT2D eigenvalue weighted by molar-refractivity contribution is 0.446. The highest BCUT2D eigenvalue weighted by Crippen LogP contribution is 2.32. The maximum atomic E-state index is 11.9. The fourth-order valence-corrected chi connectivity index (χ4v) is 4.61. The Bertz CT molecular complexity index is 612. The quantitative estimate of drug-likeness (QED) is 0.623. The molecule has 1 fully saturated rings. The third kappa shape index (κ3) is 1.72. The van der Waals surface area contributed by atoms with E-state index >= 15 is 0 Å². The van der Waals surface area contributed by atoms with E-state index < -0.39 is 0 Å². The molecule has 1 saturated heterocycles. The minimum atomic E-state index is -0.369. The summed E-state index contributed by atoms with van der Waals surface area (Å²) in [6.45, 7) is 0. The third-order valence-electron chi connectivity index (χ3n) is 3.07. The Labute approximate surface area is 101 Å². The molecule has 0 spiro atoms. The van der Waals surface area contributed by atoms with Crippen molar-refractivity contribution >= 4 is 21.9 Å². The van der Waals surface area contributed by atoms with Crippen molar-refractivity contribution in [2.45, 2.75) is 17.7 Å². The van der Waals surface area contributed by atoms with Crippen LogP contribution in [-0.4, -0.2) is 16.6 Å². The van der Waals surface area contributed by atoms with Crippen molar-refractivity contribution in [2.24, 2.45) is 0 Å². The van der Waals surface area contributed by atoms with Crippen LogP contribution in [0.3, 0.4) is 0 Å². The van der Waals surface area contributed by atoms with Gasteiger partial charge in [0.05, 0.1) is 5.39 Å². The Morgan fingerprint density at radius 2 is 1.88 bits per heavy atom. The van der Waals surface area contributed by atoms with Gasteiger partial charge in [-0.2, -0.15) is 0 Å². The molecular weight excluding hydrogens is 236 g/mol. The second-order valence-corrected chi connectivity index (χ2v) is 6.38. The van der Waals surface area contributed by atoms with E-state index in [2.05, 4.69) is 0 Å². The summed E-state index contributed by atoms with van der Waals surface area (Å²) in [6, 6.07) is 7.13. The van der Waals surface area contributed by atoms with E-state index in [9.17, 15) is 9.90 Å². The summed E-state index contributed by atoms with van der Waals surface area (Å²) < 4.78 is 5.28. The molecule has 0 atom stereocenters. The van der Waals surface area contributed by atoms with Crippen LogP contribution in [0.25, 0.3) is 11.0 Å². The van der Waals surface area contributed by atoms with Gasteiger partial charge in [-0.1, -0.05) is 12.1 Å². The number of para-hydroxylation sites is 1. The normalized spacial score (nSPS) is 16.7. The van der Waals surface area contributed by atoms with Gasteiger partial charge in [-0.05, 0) is 25.0 Å². The highest BCUT2D eigenvalue weighted by Gasteiger charge is 2.34. The molecule has 3 rings (SSSR count).